The van der Waals surface area contributed by atoms with E-state index >= 15 is 0 Å². The first-order valence-electron chi connectivity index (χ1n) is 19.5. The van der Waals surface area contributed by atoms with Crippen molar-refractivity contribution in [3.63, 3.8) is 0 Å². The van der Waals surface area contributed by atoms with Crippen LogP contribution in [0.5, 0.6) is 0 Å². The minimum atomic E-state index is -2.87. The molecule has 3 aromatic heterocycles. The SMILES string of the molecule is c1ccc([Si](c2ccccc2)(c2cccc(-c3cccc(-c4cccc(-n5c6ccccc6c6ccccc65)c4)n3)c2)c2cccc3c2sc2ccccc23)cc1. The highest BCUT2D eigenvalue weighted by Gasteiger charge is 2.43. The smallest absolute Gasteiger partial charge is 0.181 e. The number of rotatable bonds is 7. The zero-order chi connectivity index (χ0) is 37.8. The summed E-state index contributed by atoms with van der Waals surface area (Å²) in [4.78, 5) is 5.39. The topological polar surface area (TPSA) is 17.8 Å². The molecular formula is C53H36N2SSi. The molecule has 0 aliphatic rings. The number of hydrogen-bond acceptors (Lipinski definition) is 2. The molecule has 57 heavy (non-hydrogen) atoms. The third-order valence-corrected chi connectivity index (χ3v) is 17.7. The van der Waals surface area contributed by atoms with Crippen molar-refractivity contribution in [1.29, 1.82) is 0 Å². The second kappa shape index (κ2) is 13.7. The molecule has 0 amide bonds. The lowest BCUT2D eigenvalue weighted by molar-refractivity contribution is 1.18. The number of aromatic nitrogens is 2. The van der Waals surface area contributed by atoms with E-state index in [1.54, 1.807) is 0 Å². The number of para-hydroxylation sites is 2. The van der Waals surface area contributed by atoms with Gasteiger partial charge in [0.2, 0.25) is 0 Å². The van der Waals surface area contributed by atoms with Crippen LogP contribution in [-0.2, 0) is 0 Å². The van der Waals surface area contributed by atoms with Crippen LogP contribution in [0.25, 0.3) is 70.2 Å². The first kappa shape index (κ1) is 33.5. The monoisotopic (exact) mass is 760 g/mol. The van der Waals surface area contributed by atoms with Crippen molar-refractivity contribution in [3.8, 4) is 28.2 Å². The summed E-state index contributed by atoms with van der Waals surface area (Å²) in [7, 11) is -2.87. The van der Waals surface area contributed by atoms with E-state index in [9.17, 15) is 0 Å². The number of pyridine rings is 1. The lowest BCUT2D eigenvalue weighted by Gasteiger charge is -2.35. The van der Waals surface area contributed by atoms with Crippen molar-refractivity contribution in [2.75, 3.05) is 0 Å². The molecular weight excluding hydrogens is 725 g/mol. The third kappa shape index (κ3) is 5.41. The van der Waals surface area contributed by atoms with Crippen LogP contribution >= 0.6 is 11.3 Å². The average Bonchev–Trinajstić information content (AvgIpc) is 3.84. The molecule has 0 saturated carbocycles. The maximum Gasteiger partial charge on any atom is 0.181 e. The van der Waals surface area contributed by atoms with Gasteiger partial charge in [0.15, 0.2) is 8.07 Å². The summed E-state index contributed by atoms with van der Waals surface area (Å²) in [5.41, 5.74) is 7.62. The van der Waals surface area contributed by atoms with Crippen molar-refractivity contribution in [2.24, 2.45) is 0 Å². The summed E-state index contributed by atoms with van der Waals surface area (Å²) in [6, 6.07) is 80.1. The van der Waals surface area contributed by atoms with Gasteiger partial charge in [0.1, 0.15) is 0 Å². The van der Waals surface area contributed by atoms with E-state index in [0.717, 1.165) is 28.2 Å². The van der Waals surface area contributed by atoms with Crippen LogP contribution in [0, 0.1) is 0 Å². The van der Waals surface area contributed by atoms with E-state index in [1.165, 1.54) is 62.7 Å². The van der Waals surface area contributed by atoms with E-state index in [2.05, 4.69) is 223 Å². The average molecular weight is 761 g/mol. The molecule has 0 fully saturated rings. The fourth-order valence-corrected chi connectivity index (χ4v) is 15.6. The highest BCUT2D eigenvalue weighted by atomic mass is 32.1. The molecule has 4 heteroatoms. The molecule has 0 unspecified atom stereocenters. The number of thiophene rings is 1. The summed E-state index contributed by atoms with van der Waals surface area (Å²) in [6.45, 7) is 0. The maximum absolute atomic E-state index is 5.39. The second-order valence-electron chi connectivity index (χ2n) is 14.7. The van der Waals surface area contributed by atoms with Crippen LogP contribution < -0.4 is 20.7 Å². The van der Waals surface area contributed by atoms with E-state index in [4.69, 9.17) is 4.98 Å². The van der Waals surface area contributed by atoms with Crippen molar-refractivity contribution in [2.45, 2.75) is 0 Å². The molecule has 0 spiro atoms. The first-order valence-corrected chi connectivity index (χ1v) is 22.3. The van der Waals surface area contributed by atoms with Gasteiger partial charge in [-0.25, -0.2) is 4.98 Å². The van der Waals surface area contributed by atoms with Gasteiger partial charge in [-0.1, -0.05) is 176 Å². The zero-order valence-corrected chi connectivity index (χ0v) is 32.9. The van der Waals surface area contributed by atoms with Crippen LogP contribution in [0.3, 0.4) is 0 Å². The van der Waals surface area contributed by atoms with Gasteiger partial charge in [-0.05, 0) is 63.2 Å². The van der Waals surface area contributed by atoms with Crippen LogP contribution in [0.15, 0.2) is 218 Å². The predicted octanol–water partition coefficient (Wildman–Crippen LogP) is 11.3. The van der Waals surface area contributed by atoms with Gasteiger partial charge in [0, 0.05) is 47.8 Å². The Balaban J connectivity index is 1.09. The van der Waals surface area contributed by atoms with Crippen LogP contribution in [0.2, 0.25) is 0 Å². The van der Waals surface area contributed by atoms with Gasteiger partial charge >= 0.3 is 0 Å². The van der Waals surface area contributed by atoms with E-state index in [1.807, 2.05) is 11.3 Å². The molecule has 11 aromatic rings. The molecule has 0 bridgehead atoms. The van der Waals surface area contributed by atoms with Gasteiger partial charge in [0.05, 0.1) is 22.4 Å². The van der Waals surface area contributed by atoms with Crippen molar-refractivity contribution >= 4 is 82.1 Å². The molecule has 0 saturated heterocycles. The number of fused-ring (bicyclic) bond motifs is 6. The predicted molar refractivity (Wildman–Crippen MR) is 246 cm³/mol. The Labute approximate surface area is 336 Å². The van der Waals surface area contributed by atoms with Gasteiger partial charge in [-0.15, -0.1) is 11.3 Å². The second-order valence-corrected chi connectivity index (χ2v) is 19.5. The summed E-state index contributed by atoms with van der Waals surface area (Å²) >= 11 is 1.92. The molecule has 0 aliphatic carbocycles. The third-order valence-electron chi connectivity index (χ3n) is 11.5. The van der Waals surface area contributed by atoms with Gasteiger partial charge in [0.25, 0.3) is 0 Å². The van der Waals surface area contributed by atoms with Crippen LogP contribution in [0.4, 0.5) is 0 Å². The summed E-state index contributed by atoms with van der Waals surface area (Å²) in [6.07, 6.45) is 0. The fraction of sp³-hybridized carbons (Fsp3) is 0. The molecule has 2 nitrogen and oxygen atoms in total. The molecule has 0 N–H and O–H groups in total. The Morgan fingerprint density at radius 2 is 0.895 bits per heavy atom. The fourth-order valence-electron chi connectivity index (χ4n) is 9.06. The van der Waals surface area contributed by atoms with Crippen molar-refractivity contribution in [3.05, 3.63) is 218 Å². The number of nitrogens with zero attached hydrogens (tertiary/aromatic N) is 2. The minimum Gasteiger partial charge on any atom is -0.309 e. The van der Waals surface area contributed by atoms with E-state index in [-0.39, 0.29) is 0 Å². The van der Waals surface area contributed by atoms with Crippen LogP contribution in [-0.4, -0.2) is 17.6 Å². The molecule has 268 valence electrons. The molecule has 11 rings (SSSR count). The maximum atomic E-state index is 5.39. The zero-order valence-electron chi connectivity index (χ0n) is 31.1. The normalized spacial score (nSPS) is 11.9. The highest BCUT2D eigenvalue weighted by Crippen LogP contribution is 2.35. The Morgan fingerprint density at radius 1 is 0.386 bits per heavy atom. The quantitative estimate of drug-likeness (QED) is 0.117. The van der Waals surface area contributed by atoms with Crippen molar-refractivity contribution < 1.29 is 0 Å². The molecule has 8 aromatic carbocycles. The number of benzene rings is 8. The summed E-state index contributed by atoms with van der Waals surface area (Å²) in [5.74, 6) is 0. The Hall–Kier alpha value is -6.85. The minimum absolute atomic E-state index is 0.949. The molecule has 0 aliphatic heterocycles. The largest absolute Gasteiger partial charge is 0.309 e. The molecule has 3 heterocycles. The Kier molecular flexibility index (Phi) is 8.06. The summed E-state index contributed by atoms with van der Waals surface area (Å²) < 4.78 is 5.06. The molecule has 0 radical (unpaired) electrons. The summed E-state index contributed by atoms with van der Waals surface area (Å²) in [5, 5.41) is 10.6. The van der Waals surface area contributed by atoms with Crippen LogP contribution in [0.1, 0.15) is 0 Å². The lowest BCUT2D eigenvalue weighted by atomic mass is 10.1. The van der Waals surface area contributed by atoms with E-state index < -0.39 is 8.07 Å². The Morgan fingerprint density at radius 3 is 1.58 bits per heavy atom. The molecule has 0 atom stereocenters. The van der Waals surface area contributed by atoms with Gasteiger partial charge in [-0.2, -0.15) is 0 Å². The Bertz CT molecular complexity index is 3160. The standard InChI is InChI=1S/C53H36N2SSi/c1-3-20-40(21-4-1)57(41-22-5-2-6-23-41,52-34-15-28-46-45-27-9-12-33-51(45)56-53(46)52)42-24-14-18-38(36-42)48-30-16-29-47(54-48)37-17-13-19-39(35-37)55-49-31-10-7-25-43(49)44-26-8-11-32-50(44)55/h1-36H. The number of hydrogen-bond donors (Lipinski definition) is 0. The van der Waals surface area contributed by atoms with Gasteiger partial charge in [-0.3, -0.25) is 0 Å². The van der Waals surface area contributed by atoms with Crippen molar-refractivity contribution in [1.82, 2.24) is 9.55 Å². The first-order chi connectivity index (χ1) is 28.3. The lowest BCUT2D eigenvalue weighted by Crippen LogP contribution is -2.74. The highest BCUT2D eigenvalue weighted by molar-refractivity contribution is 7.30. The van der Waals surface area contributed by atoms with Gasteiger partial charge < -0.3 is 4.57 Å². The van der Waals surface area contributed by atoms with E-state index in [0.29, 0.717) is 0 Å².